The molecule has 1 aliphatic heterocycles. The van der Waals surface area contributed by atoms with Crippen molar-refractivity contribution < 1.29 is 19.4 Å². The molecule has 2 amide bonds. The van der Waals surface area contributed by atoms with Crippen LogP contribution in [0.15, 0.2) is 24.3 Å². The van der Waals surface area contributed by atoms with Gasteiger partial charge in [0.1, 0.15) is 6.04 Å². The third-order valence-electron chi connectivity index (χ3n) is 3.67. The molecule has 21 heavy (non-hydrogen) atoms. The molecule has 2 rings (SSSR count). The molecule has 0 spiro atoms. The summed E-state index contributed by atoms with van der Waals surface area (Å²) < 4.78 is 5.05. The number of hydrogen-bond acceptors (Lipinski definition) is 3. The van der Waals surface area contributed by atoms with Crippen molar-refractivity contribution >= 4 is 17.7 Å². The predicted molar refractivity (Wildman–Crippen MR) is 78.5 cm³/mol. The van der Waals surface area contributed by atoms with Crippen LogP contribution >= 0.6 is 0 Å². The molecule has 0 bridgehead atoms. The number of urea groups is 1. The van der Waals surface area contributed by atoms with Crippen LogP contribution in [0.2, 0.25) is 0 Å². The van der Waals surface area contributed by atoms with Gasteiger partial charge in [-0.25, -0.2) is 9.59 Å². The zero-order valence-corrected chi connectivity index (χ0v) is 12.2. The molecule has 0 radical (unpaired) electrons. The monoisotopic (exact) mass is 292 g/mol. The number of para-hydroxylation sites is 1. The number of benzene rings is 1. The van der Waals surface area contributed by atoms with E-state index in [-0.39, 0.29) is 6.04 Å². The van der Waals surface area contributed by atoms with E-state index in [2.05, 4.69) is 5.32 Å². The molecular weight excluding hydrogens is 272 g/mol. The van der Waals surface area contributed by atoms with Crippen molar-refractivity contribution in [2.45, 2.75) is 31.8 Å². The Morgan fingerprint density at radius 3 is 2.81 bits per heavy atom. The topological polar surface area (TPSA) is 78.9 Å². The maximum absolute atomic E-state index is 12.5. The number of methoxy groups -OCH3 is 1. The van der Waals surface area contributed by atoms with Crippen molar-refractivity contribution in [1.29, 1.82) is 0 Å². The second-order valence-electron chi connectivity index (χ2n) is 5.07. The van der Waals surface area contributed by atoms with Crippen LogP contribution in [-0.4, -0.2) is 42.9 Å². The van der Waals surface area contributed by atoms with Crippen LogP contribution in [0.5, 0.6) is 0 Å². The Morgan fingerprint density at radius 1 is 1.48 bits per heavy atom. The smallest absolute Gasteiger partial charge is 0.327 e. The van der Waals surface area contributed by atoms with Crippen LogP contribution in [0.4, 0.5) is 10.5 Å². The number of amides is 2. The fourth-order valence-corrected chi connectivity index (χ4v) is 2.54. The van der Waals surface area contributed by atoms with Crippen LogP contribution in [-0.2, 0) is 16.0 Å². The third kappa shape index (κ3) is 3.16. The summed E-state index contributed by atoms with van der Waals surface area (Å²) in [6.07, 6.45) is 1.05. The summed E-state index contributed by atoms with van der Waals surface area (Å²) in [6, 6.07) is 5.89. The minimum atomic E-state index is -0.999. The Balaban J connectivity index is 2.22. The quantitative estimate of drug-likeness (QED) is 0.864. The van der Waals surface area contributed by atoms with E-state index in [1.807, 2.05) is 19.1 Å². The number of hydrogen-bond donors (Lipinski definition) is 2. The minimum Gasteiger partial charge on any atom is -0.480 e. The highest BCUT2D eigenvalue weighted by molar-refractivity contribution is 6.01. The maximum Gasteiger partial charge on any atom is 0.327 e. The first kappa shape index (κ1) is 15.3. The van der Waals surface area contributed by atoms with E-state index >= 15 is 0 Å². The van der Waals surface area contributed by atoms with Crippen LogP contribution in [0, 0.1) is 0 Å². The number of anilines is 1. The van der Waals surface area contributed by atoms with Gasteiger partial charge in [-0.3, -0.25) is 4.90 Å². The number of nitrogens with zero attached hydrogens (tertiary/aromatic N) is 1. The summed E-state index contributed by atoms with van der Waals surface area (Å²) in [7, 11) is 1.57. The van der Waals surface area contributed by atoms with Crippen molar-refractivity contribution in [1.82, 2.24) is 5.32 Å². The van der Waals surface area contributed by atoms with Crippen molar-refractivity contribution in [3.63, 3.8) is 0 Å². The van der Waals surface area contributed by atoms with E-state index < -0.39 is 18.0 Å². The number of carboxylic acids is 1. The molecule has 0 aliphatic carbocycles. The Bertz CT molecular complexity index is 532. The molecule has 0 fully saturated rings. The number of carbonyl (C=O) groups is 2. The van der Waals surface area contributed by atoms with Crippen LogP contribution in [0.1, 0.15) is 18.9 Å². The van der Waals surface area contributed by atoms with Gasteiger partial charge in [-0.1, -0.05) is 25.1 Å². The number of carboxylic acid groups (broad SMARTS) is 1. The standard InChI is InChI=1S/C15H20N2O4/c1-3-11(9-21-2)16-15(20)17-12-7-5-4-6-10(12)8-13(17)14(18)19/h4-7,11,13H,3,8-9H2,1-2H3,(H,16,20)(H,18,19)/t11?,13-/m0/s1. The first-order valence-electron chi connectivity index (χ1n) is 6.97. The average Bonchev–Trinajstić information content (AvgIpc) is 2.86. The van der Waals surface area contributed by atoms with Gasteiger partial charge in [0.15, 0.2) is 0 Å². The largest absolute Gasteiger partial charge is 0.480 e. The molecular formula is C15H20N2O4. The van der Waals surface area contributed by atoms with Gasteiger partial charge in [-0.05, 0) is 18.1 Å². The molecule has 1 aliphatic rings. The van der Waals surface area contributed by atoms with E-state index in [0.29, 0.717) is 25.1 Å². The van der Waals surface area contributed by atoms with E-state index in [9.17, 15) is 14.7 Å². The van der Waals surface area contributed by atoms with Gasteiger partial charge < -0.3 is 15.2 Å². The second kappa shape index (κ2) is 6.58. The Labute approximate surface area is 123 Å². The number of ether oxygens (including phenoxy) is 1. The van der Waals surface area contributed by atoms with Gasteiger partial charge in [-0.15, -0.1) is 0 Å². The van der Waals surface area contributed by atoms with Crippen LogP contribution in [0.3, 0.4) is 0 Å². The van der Waals surface area contributed by atoms with E-state index in [1.54, 1.807) is 19.2 Å². The van der Waals surface area contributed by atoms with Crippen LogP contribution < -0.4 is 10.2 Å². The third-order valence-corrected chi connectivity index (χ3v) is 3.67. The zero-order valence-electron chi connectivity index (χ0n) is 12.2. The summed E-state index contributed by atoms with van der Waals surface area (Å²) in [4.78, 5) is 25.2. The van der Waals surface area contributed by atoms with Gasteiger partial charge in [0.2, 0.25) is 0 Å². The lowest BCUT2D eigenvalue weighted by Crippen LogP contribution is -2.51. The summed E-state index contributed by atoms with van der Waals surface area (Å²) in [5.41, 5.74) is 1.54. The van der Waals surface area contributed by atoms with Gasteiger partial charge in [0.05, 0.1) is 12.6 Å². The van der Waals surface area contributed by atoms with Crippen molar-refractivity contribution in [2.75, 3.05) is 18.6 Å². The van der Waals surface area contributed by atoms with Gasteiger partial charge >= 0.3 is 12.0 Å². The molecule has 0 saturated heterocycles. The van der Waals surface area contributed by atoms with Crippen LogP contribution in [0.25, 0.3) is 0 Å². The van der Waals surface area contributed by atoms with Crippen molar-refractivity contribution in [2.24, 2.45) is 0 Å². The number of carbonyl (C=O) groups excluding carboxylic acids is 1. The Hall–Kier alpha value is -2.08. The van der Waals surface area contributed by atoms with E-state index in [4.69, 9.17) is 4.74 Å². The lowest BCUT2D eigenvalue weighted by atomic mass is 10.1. The number of aliphatic carboxylic acids is 1. The summed E-state index contributed by atoms with van der Waals surface area (Å²) in [5, 5.41) is 12.2. The zero-order chi connectivity index (χ0) is 15.4. The predicted octanol–water partition coefficient (Wildman–Crippen LogP) is 1.64. The van der Waals surface area contributed by atoms with Crippen molar-refractivity contribution in [3.05, 3.63) is 29.8 Å². The molecule has 0 saturated carbocycles. The molecule has 1 aromatic rings. The molecule has 2 atom stereocenters. The molecule has 6 nitrogen and oxygen atoms in total. The molecule has 2 N–H and O–H groups in total. The highest BCUT2D eigenvalue weighted by Crippen LogP contribution is 2.32. The highest BCUT2D eigenvalue weighted by Gasteiger charge is 2.38. The lowest BCUT2D eigenvalue weighted by Gasteiger charge is -2.26. The fourth-order valence-electron chi connectivity index (χ4n) is 2.54. The fraction of sp³-hybridized carbons (Fsp3) is 0.467. The SMILES string of the molecule is CCC(COC)NC(=O)N1c2ccccc2C[C@H]1C(=O)O. The molecule has 1 unspecified atom stereocenters. The second-order valence-corrected chi connectivity index (χ2v) is 5.07. The van der Waals surface area contributed by atoms with E-state index in [1.165, 1.54) is 4.90 Å². The molecule has 114 valence electrons. The lowest BCUT2D eigenvalue weighted by molar-refractivity contribution is -0.138. The first-order chi connectivity index (χ1) is 10.1. The normalized spacial score (nSPS) is 18.2. The highest BCUT2D eigenvalue weighted by atomic mass is 16.5. The number of rotatable bonds is 5. The molecule has 6 heteroatoms. The molecule has 1 aromatic carbocycles. The number of nitrogens with one attached hydrogen (secondary N) is 1. The Kier molecular flexibility index (Phi) is 4.80. The van der Waals surface area contributed by atoms with Gasteiger partial charge in [0.25, 0.3) is 0 Å². The molecule has 0 aromatic heterocycles. The summed E-state index contributed by atoms with van der Waals surface area (Å²) >= 11 is 0. The Morgan fingerprint density at radius 2 is 2.19 bits per heavy atom. The van der Waals surface area contributed by atoms with Gasteiger partial charge in [-0.2, -0.15) is 0 Å². The first-order valence-corrected chi connectivity index (χ1v) is 6.97. The maximum atomic E-state index is 12.5. The van der Waals surface area contributed by atoms with Crippen molar-refractivity contribution in [3.8, 4) is 0 Å². The van der Waals surface area contributed by atoms with E-state index in [0.717, 1.165) is 5.56 Å². The minimum absolute atomic E-state index is 0.135. The average molecular weight is 292 g/mol. The summed E-state index contributed by atoms with van der Waals surface area (Å²) in [5.74, 6) is -0.999. The van der Waals surface area contributed by atoms with Gasteiger partial charge in [0, 0.05) is 19.2 Å². The molecule has 1 heterocycles. The number of fused-ring (bicyclic) bond motifs is 1. The summed E-state index contributed by atoms with van der Waals surface area (Å²) in [6.45, 7) is 2.34.